The van der Waals surface area contributed by atoms with Crippen LogP contribution in [0.4, 0.5) is 11.4 Å². The minimum Gasteiger partial charge on any atom is -0.488 e. The zero-order valence-corrected chi connectivity index (χ0v) is 18.8. The van der Waals surface area contributed by atoms with Crippen molar-refractivity contribution in [2.75, 3.05) is 12.1 Å². The number of rotatable bonds is 6. The quantitative estimate of drug-likeness (QED) is 0.275. The Hall–Kier alpha value is -5.13. The van der Waals surface area contributed by atoms with Gasteiger partial charge in [0, 0.05) is 33.9 Å². The van der Waals surface area contributed by atoms with Crippen LogP contribution < -0.4 is 20.3 Å². The van der Waals surface area contributed by atoms with Crippen molar-refractivity contribution in [1.29, 1.82) is 0 Å². The molecule has 3 heterocycles. The predicted octanol–water partition coefficient (Wildman–Crippen LogP) is 3.18. The Kier molecular flexibility index (Phi) is 5.60. The number of carbonyl (C=O) groups is 1. The smallest absolute Gasteiger partial charge is 0.395 e. The van der Waals surface area contributed by atoms with Gasteiger partial charge in [0.1, 0.15) is 12.4 Å². The summed E-state index contributed by atoms with van der Waals surface area (Å²) in [4.78, 5) is 40.7. The van der Waals surface area contributed by atoms with Gasteiger partial charge in [0.05, 0.1) is 4.92 Å². The lowest BCUT2D eigenvalue weighted by molar-refractivity contribution is -0.387. The van der Waals surface area contributed by atoms with Gasteiger partial charge in [-0.15, -0.1) is 0 Å². The number of fused-ring (bicyclic) bond motifs is 2. The summed E-state index contributed by atoms with van der Waals surface area (Å²) >= 11 is 0. The molecule has 12 heteroatoms. The summed E-state index contributed by atoms with van der Waals surface area (Å²) in [5.74, 6) is -0.0947. The molecule has 0 saturated carbocycles. The molecule has 0 fully saturated rings. The fourth-order valence-electron chi connectivity index (χ4n) is 4.07. The molecule has 182 valence electrons. The number of nitrogens with one attached hydrogen (secondary N) is 2. The second kappa shape index (κ2) is 8.91. The van der Waals surface area contributed by atoms with Crippen LogP contribution in [-0.2, 0) is 11.3 Å². The van der Waals surface area contributed by atoms with Crippen LogP contribution in [0.1, 0.15) is 17.1 Å². The van der Waals surface area contributed by atoms with Crippen molar-refractivity contribution in [2.45, 2.75) is 13.5 Å². The third-order valence-electron chi connectivity index (χ3n) is 5.72. The molecule has 1 aliphatic rings. The molecule has 2 aromatic heterocycles. The molecule has 4 aromatic rings. The summed E-state index contributed by atoms with van der Waals surface area (Å²) in [6.07, 6.45) is 3.09. The van der Waals surface area contributed by atoms with E-state index in [2.05, 4.69) is 15.3 Å². The molecule has 0 unspecified atom stereocenters. The average molecular weight is 489 g/mol. The van der Waals surface area contributed by atoms with Crippen LogP contribution in [0.3, 0.4) is 0 Å². The number of amides is 1. The van der Waals surface area contributed by atoms with Gasteiger partial charge in [-0.05, 0) is 37.3 Å². The number of hydrogen-bond donors (Lipinski definition) is 3. The van der Waals surface area contributed by atoms with E-state index < -0.39 is 22.0 Å². The molecule has 0 aliphatic carbocycles. The normalized spacial score (nSPS) is 12.4. The molecular weight excluding hydrogens is 470 g/mol. The number of nitrogens with zero attached hydrogens (tertiary/aromatic N) is 3. The van der Waals surface area contributed by atoms with Gasteiger partial charge in [0.2, 0.25) is 12.7 Å². The van der Waals surface area contributed by atoms with Crippen molar-refractivity contribution in [3.63, 3.8) is 0 Å². The van der Waals surface area contributed by atoms with Crippen molar-refractivity contribution in [3.8, 4) is 17.4 Å². The Labute approximate surface area is 202 Å². The minimum absolute atomic E-state index is 0.0298. The summed E-state index contributed by atoms with van der Waals surface area (Å²) in [5.41, 5.74) is 0.818. The predicted molar refractivity (Wildman–Crippen MR) is 130 cm³/mol. The maximum atomic E-state index is 12.9. The third kappa shape index (κ3) is 4.11. The Morgan fingerprint density at radius 1 is 1.25 bits per heavy atom. The van der Waals surface area contributed by atoms with Crippen LogP contribution in [0, 0.1) is 17.0 Å². The number of aromatic amines is 1. The van der Waals surface area contributed by atoms with Crippen molar-refractivity contribution in [1.82, 2.24) is 14.5 Å². The van der Waals surface area contributed by atoms with E-state index in [1.54, 1.807) is 24.3 Å². The summed E-state index contributed by atoms with van der Waals surface area (Å²) in [7, 11) is 0. The fraction of sp³-hybridized carbons (Fsp3) is 0.125. The molecule has 1 amide bonds. The summed E-state index contributed by atoms with van der Waals surface area (Å²) in [5, 5.41) is 24.4. The molecule has 0 saturated heterocycles. The lowest BCUT2D eigenvalue weighted by Crippen LogP contribution is -2.19. The van der Waals surface area contributed by atoms with Crippen LogP contribution in [0.25, 0.3) is 23.1 Å². The zero-order chi connectivity index (χ0) is 25.4. The maximum absolute atomic E-state index is 12.9. The first-order valence-corrected chi connectivity index (χ1v) is 10.7. The van der Waals surface area contributed by atoms with E-state index in [1.165, 1.54) is 6.08 Å². The first kappa shape index (κ1) is 22.7. The van der Waals surface area contributed by atoms with E-state index >= 15 is 0 Å². The van der Waals surface area contributed by atoms with Crippen molar-refractivity contribution < 1.29 is 24.3 Å². The number of ether oxygens (including phenoxy) is 2. The molecule has 1 aliphatic heterocycles. The molecule has 12 nitrogen and oxygen atoms in total. The summed E-state index contributed by atoms with van der Waals surface area (Å²) in [6, 6.07) is 12.6. The molecule has 0 radical (unpaired) electrons. The topological polar surface area (TPSA) is 162 Å². The van der Waals surface area contributed by atoms with Crippen LogP contribution in [-0.4, -0.2) is 37.3 Å². The lowest BCUT2D eigenvalue weighted by Gasteiger charge is -2.10. The number of aromatic hydroxyl groups is 1. The van der Waals surface area contributed by atoms with Crippen molar-refractivity contribution in [3.05, 3.63) is 80.0 Å². The molecule has 0 spiro atoms. The van der Waals surface area contributed by atoms with E-state index in [9.17, 15) is 24.8 Å². The Morgan fingerprint density at radius 2 is 2.03 bits per heavy atom. The highest BCUT2D eigenvalue weighted by Crippen LogP contribution is 2.34. The number of nitro groups is 1. The fourth-order valence-corrected chi connectivity index (χ4v) is 4.07. The van der Waals surface area contributed by atoms with Gasteiger partial charge in [-0.25, -0.2) is 0 Å². The highest BCUT2D eigenvalue weighted by molar-refractivity contribution is 5.96. The van der Waals surface area contributed by atoms with Crippen molar-refractivity contribution in [2.24, 2.45) is 0 Å². The van der Waals surface area contributed by atoms with Crippen LogP contribution in [0.15, 0.2) is 47.3 Å². The Balaban J connectivity index is 1.44. The second-order valence-electron chi connectivity index (χ2n) is 7.93. The van der Waals surface area contributed by atoms with Gasteiger partial charge in [-0.1, -0.05) is 18.2 Å². The number of carbonyl (C=O) groups excluding carboxylic acids is 1. The zero-order valence-electron chi connectivity index (χ0n) is 18.8. The molecule has 36 heavy (non-hydrogen) atoms. The number of benzene rings is 2. The molecule has 0 atom stereocenters. The van der Waals surface area contributed by atoms with Gasteiger partial charge in [0.15, 0.2) is 11.5 Å². The van der Waals surface area contributed by atoms with E-state index in [1.807, 2.05) is 35.8 Å². The van der Waals surface area contributed by atoms with Gasteiger partial charge in [-0.2, -0.15) is 4.98 Å². The van der Waals surface area contributed by atoms with Crippen LogP contribution >= 0.6 is 0 Å². The minimum atomic E-state index is -1.06. The third-order valence-corrected chi connectivity index (χ3v) is 5.72. The van der Waals surface area contributed by atoms with E-state index in [0.29, 0.717) is 17.2 Å². The first-order valence-electron chi connectivity index (χ1n) is 10.7. The molecule has 2 aromatic carbocycles. The standard InChI is InChI=1S/C24H19N5O7/c1-13-15(7-9-20-26-23(31)22(29(33)34)24(32)27-20)16-4-2-3-5-17(16)28(13)11-21(30)25-14-6-8-18-19(10-14)36-12-35-18/h2-10H,11-12H2,1H3,(H,25,30)(H2,26,27,31,32)/b9-7+. The Bertz CT molecular complexity index is 1620. The number of H-pyrrole nitrogens is 1. The van der Waals surface area contributed by atoms with Gasteiger partial charge >= 0.3 is 11.2 Å². The maximum Gasteiger partial charge on any atom is 0.395 e. The van der Waals surface area contributed by atoms with E-state index in [-0.39, 0.29) is 25.1 Å². The van der Waals surface area contributed by atoms with Crippen LogP contribution in [0.5, 0.6) is 17.4 Å². The van der Waals surface area contributed by atoms with Gasteiger partial charge in [-0.3, -0.25) is 19.7 Å². The highest BCUT2D eigenvalue weighted by atomic mass is 16.7. The highest BCUT2D eigenvalue weighted by Gasteiger charge is 2.21. The lowest BCUT2D eigenvalue weighted by atomic mass is 10.1. The van der Waals surface area contributed by atoms with E-state index in [0.717, 1.165) is 22.2 Å². The summed E-state index contributed by atoms with van der Waals surface area (Å²) < 4.78 is 12.5. The van der Waals surface area contributed by atoms with Gasteiger partial charge in [0.25, 0.3) is 5.88 Å². The summed E-state index contributed by atoms with van der Waals surface area (Å²) in [6.45, 7) is 2.01. The monoisotopic (exact) mass is 489 g/mol. The largest absolute Gasteiger partial charge is 0.488 e. The SMILES string of the molecule is Cc1c(/C=C/c2nc(O)c([N+](=O)[O-])c(=O)[nH]2)c2ccccc2n1CC(=O)Nc1ccc2c(c1)OCO2. The Morgan fingerprint density at radius 3 is 2.81 bits per heavy atom. The van der Waals surface area contributed by atoms with E-state index in [4.69, 9.17) is 9.47 Å². The average Bonchev–Trinajstić information content (AvgIpc) is 3.39. The number of aromatic nitrogens is 3. The number of para-hydroxylation sites is 1. The number of anilines is 1. The molecular formula is C24H19N5O7. The van der Waals surface area contributed by atoms with Crippen LogP contribution in [0.2, 0.25) is 0 Å². The molecule has 5 rings (SSSR count). The molecule has 0 bridgehead atoms. The first-order chi connectivity index (χ1) is 17.3. The van der Waals surface area contributed by atoms with Gasteiger partial charge < -0.3 is 29.4 Å². The van der Waals surface area contributed by atoms with Crippen molar-refractivity contribution >= 4 is 40.3 Å². The second-order valence-corrected chi connectivity index (χ2v) is 7.93. The number of hydrogen-bond acceptors (Lipinski definition) is 8. The molecule has 3 N–H and O–H groups in total.